The van der Waals surface area contributed by atoms with Gasteiger partial charge in [0.25, 0.3) is 0 Å². The standard InChI is InChI=1S/C13H14ClN3O3/c1-19-13(18)8-5-10(14)12-16-15-11(17(12)7-8)6-9-3-2-4-20-9/h5,7,9H,2-4,6H2,1H3. The largest absolute Gasteiger partial charge is 0.465 e. The highest BCUT2D eigenvalue weighted by Gasteiger charge is 2.20. The lowest BCUT2D eigenvalue weighted by atomic mass is 10.2. The van der Waals surface area contributed by atoms with Crippen LogP contribution < -0.4 is 0 Å². The van der Waals surface area contributed by atoms with Crippen molar-refractivity contribution in [2.75, 3.05) is 13.7 Å². The minimum atomic E-state index is -0.439. The fourth-order valence-corrected chi connectivity index (χ4v) is 2.62. The summed E-state index contributed by atoms with van der Waals surface area (Å²) in [6, 6.07) is 1.53. The zero-order valence-electron chi connectivity index (χ0n) is 11.0. The molecule has 20 heavy (non-hydrogen) atoms. The Hall–Kier alpha value is -1.66. The lowest BCUT2D eigenvalue weighted by Crippen LogP contribution is -2.12. The first-order chi connectivity index (χ1) is 9.69. The number of carbonyl (C=O) groups excluding carboxylic acids is 1. The maximum atomic E-state index is 11.6. The van der Waals surface area contributed by atoms with Crippen molar-refractivity contribution in [3.05, 3.63) is 28.7 Å². The first kappa shape index (κ1) is 13.3. The Kier molecular flexibility index (Phi) is 3.58. The van der Waals surface area contributed by atoms with Crippen molar-refractivity contribution in [3.63, 3.8) is 0 Å². The topological polar surface area (TPSA) is 65.7 Å². The first-order valence-corrected chi connectivity index (χ1v) is 6.80. The van der Waals surface area contributed by atoms with E-state index in [1.54, 1.807) is 10.6 Å². The average Bonchev–Trinajstić information content (AvgIpc) is 3.09. The van der Waals surface area contributed by atoms with Crippen molar-refractivity contribution in [1.29, 1.82) is 0 Å². The van der Waals surface area contributed by atoms with Crippen LogP contribution in [0.5, 0.6) is 0 Å². The molecule has 0 spiro atoms. The van der Waals surface area contributed by atoms with Gasteiger partial charge in [-0.25, -0.2) is 4.79 Å². The molecule has 3 heterocycles. The molecule has 0 amide bonds. The molecule has 0 N–H and O–H groups in total. The van der Waals surface area contributed by atoms with Gasteiger partial charge in [0, 0.05) is 19.2 Å². The summed E-state index contributed by atoms with van der Waals surface area (Å²) >= 11 is 6.13. The van der Waals surface area contributed by atoms with E-state index in [1.165, 1.54) is 13.2 Å². The number of hydrogen-bond acceptors (Lipinski definition) is 5. The highest BCUT2D eigenvalue weighted by molar-refractivity contribution is 6.33. The number of rotatable bonds is 3. The fraction of sp³-hybridized carbons (Fsp3) is 0.462. The molecule has 0 bridgehead atoms. The van der Waals surface area contributed by atoms with Crippen molar-refractivity contribution < 1.29 is 14.3 Å². The summed E-state index contributed by atoms with van der Waals surface area (Å²) in [6.45, 7) is 0.787. The summed E-state index contributed by atoms with van der Waals surface area (Å²) in [7, 11) is 1.33. The van der Waals surface area contributed by atoms with Gasteiger partial charge in [-0.05, 0) is 18.9 Å². The summed E-state index contributed by atoms with van der Waals surface area (Å²) in [5.74, 6) is 0.296. The second-order valence-corrected chi connectivity index (χ2v) is 5.12. The summed E-state index contributed by atoms with van der Waals surface area (Å²) < 4.78 is 12.0. The Bertz CT molecular complexity index is 650. The number of fused-ring (bicyclic) bond motifs is 1. The number of halogens is 1. The quantitative estimate of drug-likeness (QED) is 0.809. The van der Waals surface area contributed by atoms with Crippen LogP contribution in [0.1, 0.15) is 29.0 Å². The van der Waals surface area contributed by atoms with Gasteiger partial charge in [0.05, 0.1) is 23.8 Å². The van der Waals surface area contributed by atoms with E-state index < -0.39 is 5.97 Å². The van der Waals surface area contributed by atoms with Gasteiger partial charge >= 0.3 is 5.97 Å². The molecule has 1 unspecified atom stereocenters. The molecule has 6 nitrogen and oxygen atoms in total. The number of nitrogens with zero attached hydrogens (tertiary/aromatic N) is 3. The van der Waals surface area contributed by atoms with E-state index in [1.807, 2.05) is 0 Å². The fourth-order valence-electron chi connectivity index (χ4n) is 2.38. The normalized spacial score (nSPS) is 18.6. The zero-order chi connectivity index (χ0) is 14.1. The predicted octanol–water partition coefficient (Wildman–Crippen LogP) is 1.89. The third-order valence-corrected chi connectivity index (χ3v) is 3.66. The van der Waals surface area contributed by atoms with Crippen molar-refractivity contribution in [1.82, 2.24) is 14.6 Å². The number of esters is 1. The minimum Gasteiger partial charge on any atom is -0.465 e. The van der Waals surface area contributed by atoms with Crippen molar-refractivity contribution in [3.8, 4) is 0 Å². The molecule has 2 aromatic heterocycles. The van der Waals surface area contributed by atoms with Crippen molar-refractivity contribution in [2.45, 2.75) is 25.4 Å². The summed E-state index contributed by atoms with van der Waals surface area (Å²) in [4.78, 5) is 11.6. The second kappa shape index (κ2) is 5.38. The molecule has 0 aromatic carbocycles. The van der Waals surface area contributed by atoms with Gasteiger partial charge in [-0.1, -0.05) is 11.6 Å². The number of pyridine rings is 1. The van der Waals surface area contributed by atoms with E-state index in [-0.39, 0.29) is 6.10 Å². The molecule has 0 saturated carbocycles. The average molecular weight is 296 g/mol. The third kappa shape index (κ3) is 2.36. The molecule has 1 atom stereocenters. The van der Waals surface area contributed by atoms with E-state index >= 15 is 0 Å². The Morgan fingerprint density at radius 1 is 1.60 bits per heavy atom. The summed E-state index contributed by atoms with van der Waals surface area (Å²) in [6.07, 6.45) is 4.54. The predicted molar refractivity (Wildman–Crippen MR) is 72.0 cm³/mol. The molecule has 7 heteroatoms. The van der Waals surface area contributed by atoms with Gasteiger partial charge in [0.1, 0.15) is 5.82 Å². The number of methoxy groups -OCH3 is 1. The Morgan fingerprint density at radius 3 is 3.15 bits per heavy atom. The van der Waals surface area contributed by atoms with Crippen LogP contribution in [0.25, 0.3) is 5.65 Å². The Labute approximate surface area is 120 Å². The van der Waals surface area contributed by atoms with Crippen LogP contribution in [-0.2, 0) is 15.9 Å². The molecule has 0 aliphatic carbocycles. The zero-order valence-corrected chi connectivity index (χ0v) is 11.8. The van der Waals surface area contributed by atoms with E-state index in [4.69, 9.17) is 21.1 Å². The SMILES string of the molecule is COC(=O)c1cc(Cl)c2nnc(CC3CCCO3)n2c1. The van der Waals surface area contributed by atoms with Crippen LogP contribution >= 0.6 is 11.6 Å². The molecular weight excluding hydrogens is 282 g/mol. The number of ether oxygens (including phenoxy) is 2. The van der Waals surface area contributed by atoms with Gasteiger partial charge in [-0.15, -0.1) is 10.2 Å². The summed E-state index contributed by atoms with van der Waals surface area (Å²) in [5, 5.41) is 8.58. The number of aromatic nitrogens is 3. The highest BCUT2D eigenvalue weighted by atomic mass is 35.5. The van der Waals surface area contributed by atoms with Crippen LogP contribution in [0.2, 0.25) is 5.02 Å². The second-order valence-electron chi connectivity index (χ2n) is 4.72. The number of hydrogen-bond donors (Lipinski definition) is 0. The van der Waals surface area contributed by atoms with E-state index in [0.717, 1.165) is 25.3 Å². The van der Waals surface area contributed by atoms with Crippen LogP contribution in [0.3, 0.4) is 0 Å². The first-order valence-electron chi connectivity index (χ1n) is 6.42. The molecular formula is C13H14ClN3O3. The van der Waals surface area contributed by atoms with Gasteiger partial charge in [0.2, 0.25) is 0 Å². The summed E-state index contributed by atoms with van der Waals surface area (Å²) in [5.41, 5.74) is 0.908. The number of carbonyl (C=O) groups is 1. The molecule has 1 saturated heterocycles. The Balaban J connectivity index is 2.00. The molecule has 2 aromatic rings. The van der Waals surface area contributed by atoms with Crippen LogP contribution in [0.15, 0.2) is 12.3 Å². The smallest absolute Gasteiger partial charge is 0.339 e. The Morgan fingerprint density at radius 2 is 2.45 bits per heavy atom. The lowest BCUT2D eigenvalue weighted by molar-refractivity contribution is 0.0600. The lowest BCUT2D eigenvalue weighted by Gasteiger charge is -2.08. The van der Waals surface area contributed by atoms with E-state index in [0.29, 0.717) is 22.7 Å². The molecule has 106 valence electrons. The van der Waals surface area contributed by atoms with E-state index in [9.17, 15) is 4.79 Å². The molecule has 1 aliphatic heterocycles. The molecule has 1 fully saturated rings. The van der Waals surface area contributed by atoms with Crippen LogP contribution in [0, 0.1) is 0 Å². The maximum Gasteiger partial charge on any atom is 0.339 e. The third-order valence-electron chi connectivity index (χ3n) is 3.39. The van der Waals surface area contributed by atoms with E-state index in [2.05, 4.69) is 10.2 Å². The monoisotopic (exact) mass is 295 g/mol. The van der Waals surface area contributed by atoms with Gasteiger partial charge in [-0.3, -0.25) is 4.40 Å². The minimum absolute atomic E-state index is 0.156. The molecule has 3 rings (SSSR count). The van der Waals surface area contributed by atoms with Crippen LogP contribution in [0.4, 0.5) is 0 Å². The maximum absolute atomic E-state index is 11.6. The van der Waals surface area contributed by atoms with Crippen molar-refractivity contribution in [2.24, 2.45) is 0 Å². The highest BCUT2D eigenvalue weighted by Crippen LogP contribution is 2.22. The molecule has 1 aliphatic rings. The molecule has 0 radical (unpaired) electrons. The van der Waals surface area contributed by atoms with Crippen molar-refractivity contribution >= 4 is 23.2 Å². The van der Waals surface area contributed by atoms with Crippen LogP contribution in [-0.4, -0.2) is 40.4 Å². The van der Waals surface area contributed by atoms with Gasteiger partial charge < -0.3 is 9.47 Å². The van der Waals surface area contributed by atoms with Gasteiger partial charge in [0.15, 0.2) is 5.65 Å². The van der Waals surface area contributed by atoms with Gasteiger partial charge in [-0.2, -0.15) is 0 Å².